The van der Waals surface area contributed by atoms with Crippen molar-refractivity contribution in [2.75, 3.05) is 5.75 Å². The SMILES string of the molecule is NC1CCn2c(cnc2C2CCCS2(=O)=O)C1. The third-order valence-corrected chi connectivity index (χ3v) is 5.95. The molecule has 2 aliphatic heterocycles. The Bertz CT molecular complexity index is 535. The van der Waals surface area contributed by atoms with Crippen LogP contribution < -0.4 is 5.73 Å². The molecule has 94 valence electrons. The topological polar surface area (TPSA) is 78.0 Å². The zero-order chi connectivity index (χ0) is 12.0. The minimum Gasteiger partial charge on any atom is -0.331 e. The highest BCUT2D eigenvalue weighted by Gasteiger charge is 2.36. The number of hydrogen-bond acceptors (Lipinski definition) is 4. The van der Waals surface area contributed by atoms with Gasteiger partial charge in [-0.2, -0.15) is 0 Å². The maximum atomic E-state index is 11.9. The number of nitrogens with two attached hydrogens (primary N) is 1. The van der Waals surface area contributed by atoms with E-state index in [1.54, 1.807) is 6.20 Å². The molecule has 2 unspecified atom stereocenters. The Kier molecular flexibility index (Phi) is 2.52. The Labute approximate surface area is 101 Å². The summed E-state index contributed by atoms with van der Waals surface area (Å²) in [6, 6.07) is 0.187. The summed E-state index contributed by atoms with van der Waals surface area (Å²) >= 11 is 0. The number of hydrogen-bond donors (Lipinski definition) is 1. The van der Waals surface area contributed by atoms with Crippen molar-refractivity contribution in [1.29, 1.82) is 0 Å². The molecular weight excluding hydrogens is 238 g/mol. The van der Waals surface area contributed by atoms with E-state index in [0.717, 1.165) is 37.3 Å². The highest BCUT2D eigenvalue weighted by molar-refractivity contribution is 7.91. The molecule has 1 aromatic rings. The van der Waals surface area contributed by atoms with E-state index >= 15 is 0 Å². The van der Waals surface area contributed by atoms with Gasteiger partial charge in [-0.1, -0.05) is 0 Å². The number of rotatable bonds is 1. The van der Waals surface area contributed by atoms with Gasteiger partial charge in [-0.15, -0.1) is 0 Å². The van der Waals surface area contributed by atoms with Crippen LogP contribution in [0.5, 0.6) is 0 Å². The monoisotopic (exact) mass is 255 g/mol. The van der Waals surface area contributed by atoms with Gasteiger partial charge in [0.2, 0.25) is 0 Å². The van der Waals surface area contributed by atoms with E-state index < -0.39 is 9.84 Å². The van der Waals surface area contributed by atoms with E-state index in [0.29, 0.717) is 12.2 Å². The molecule has 6 heteroatoms. The number of nitrogens with zero attached hydrogens (tertiary/aromatic N) is 2. The summed E-state index contributed by atoms with van der Waals surface area (Å²) in [5.74, 6) is 1.05. The van der Waals surface area contributed by atoms with Crippen LogP contribution in [0.3, 0.4) is 0 Å². The standard InChI is InChI=1S/C11H17N3O2S/c12-8-3-4-14-9(6-8)7-13-11(14)10-2-1-5-17(10,15)16/h7-8,10H,1-6,12H2. The Morgan fingerprint density at radius 3 is 2.94 bits per heavy atom. The number of imidazole rings is 1. The molecule has 5 nitrogen and oxygen atoms in total. The largest absolute Gasteiger partial charge is 0.331 e. The number of fused-ring (bicyclic) bond motifs is 1. The van der Waals surface area contributed by atoms with Gasteiger partial charge in [0.25, 0.3) is 0 Å². The van der Waals surface area contributed by atoms with Crippen molar-refractivity contribution in [3.63, 3.8) is 0 Å². The second kappa shape index (κ2) is 3.81. The molecule has 0 saturated carbocycles. The van der Waals surface area contributed by atoms with Gasteiger partial charge in [-0.25, -0.2) is 13.4 Å². The summed E-state index contributed by atoms with van der Waals surface area (Å²) in [7, 11) is -2.97. The minimum atomic E-state index is -2.97. The predicted octanol–water partition coefficient (Wildman–Crippen LogP) is 0.406. The molecule has 3 heterocycles. The second-order valence-electron chi connectivity index (χ2n) is 5.01. The number of sulfone groups is 1. The highest BCUT2D eigenvalue weighted by atomic mass is 32.2. The average Bonchev–Trinajstić information content (AvgIpc) is 2.80. The third-order valence-electron chi connectivity index (χ3n) is 3.78. The minimum absolute atomic E-state index is 0.187. The molecule has 1 fully saturated rings. The fraction of sp³-hybridized carbons (Fsp3) is 0.727. The van der Waals surface area contributed by atoms with Gasteiger partial charge in [0.05, 0.1) is 5.75 Å². The summed E-state index contributed by atoms with van der Waals surface area (Å²) in [6.07, 6.45) is 4.98. The summed E-state index contributed by atoms with van der Waals surface area (Å²) in [6.45, 7) is 0.803. The summed E-state index contributed by atoms with van der Waals surface area (Å²) in [4.78, 5) is 4.34. The molecule has 0 radical (unpaired) electrons. The van der Waals surface area contributed by atoms with Gasteiger partial charge in [0, 0.05) is 30.9 Å². The van der Waals surface area contributed by atoms with Crippen LogP contribution in [0.1, 0.15) is 36.0 Å². The summed E-state index contributed by atoms with van der Waals surface area (Å²) < 4.78 is 25.9. The first-order valence-corrected chi connectivity index (χ1v) is 7.81. The lowest BCUT2D eigenvalue weighted by Gasteiger charge is -2.23. The van der Waals surface area contributed by atoms with Gasteiger partial charge >= 0.3 is 0 Å². The van der Waals surface area contributed by atoms with Gasteiger partial charge in [-0.05, 0) is 19.3 Å². The van der Waals surface area contributed by atoms with Crippen molar-refractivity contribution in [2.45, 2.75) is 43.5 Å². The summed E-state index contributed by atoms with van der Waals surface area (Å²) in [5, 5.41) is -0.384. The smallest absolute Gasteiger partial charge is 0.160 e. The van der Waals surface area contributed by atoms with E-state index in [4.69, 9.17) is 5.73 Å². The van der Waals surface area contributed by atoms with Gasteiger partial charge in [0.15, 0.2) is 9.84 Å². The van der Waals surface area contributed by atoms with Crippen LogP contribution in [-0.4, -0.2) is 29.8 Å². The zero-order valence-corrected chi connectivity index (χ0v) is 10.5. The zero-order valence-electron chi connectivity index (χ0n) is 9.67. The molecule has 0 amide bonds. The quantitative estimate of drug-likeness (QED) is 0.788. The van der Waals surface area contributed by atoms with Crippen molar-refractivity contribution < 1.29 is 8.42 Å². The molecule has 0 bridgehead atoms. The highest BCUT2D eigenvalue weighted by Crippen LogP contribution is 2.35. The molecule has 0 spiro atoms. The Morgan fingerprint density at radius 2 is 2.24 bits per heavy atom. The fourth-order valence-corrected chi connectivity index (χ4v) is 4.74. The van der Waals surface area contributed by atoms with Crippen molar-refractivity contribution in [3.8, 4) is 0 Å². The third kappa shape index (κ3) is 1.79. The fourth-order valence-electron chi connectivity index (χ4n) is 2.85. The summed E-state index contributed by atoms with van der Waals surface area (Å²) in [5.41, 5.74) is 6.99. The molecule has 2 N–H and O–H groups in total. The lowest BCUT2D eigenvalue weighted by atomic mass is 10.1. The number of aromatic nitrogens is 2. The first-order chi connectivity index (χ1) is 8.08. The van der Waals surface area contributed by atoms with Gasteiger partial charge in [0.1, 0.15) is 11.1 Å². The Hall–Kier alpha value is -0.880. The maximum Gasteiger partial charge on any atom is 0.160 e. The van der Waals surface area contributed by atoms with Crippen LogP contribution >= 0.6 is 0 Å². The molecule has 1 saturated heterocycles. The Morgan fingerprint density at radius 1 is 1.41 bits per heavy atom. The van der Waals surface area contributed by atoms with Gasteiger partial charge < -0.3 is 10.3 Å². The molecule has 2 atom stereocenters. The molecule has 0 aromatic carbocycles. The Balaban J connectivity index is 2.00. The van der Waals surface area contributed by atoms with E-state index in [2.05, 4.69) is 9.55 Å². The van der Waals surface area contributed by atoms with Crippen molar-refractivity contribution >= 4 is 9.84 Å². The van der Waals surface area contributed by atoms with Crippen molar-refractivity contribution in [3.05, 3.63) is 17.7 Å². The lowest BCUT2D eigenvalue weighted by Crippen LogP contribution is -2.31. The van der Waals surface area contributed by atoms with Crippen molar-refractivity contribution in [1.82, 2.24) is 9.55 Å². The normalized spacial score (nSPS) is 31.4. The first kappa shape index (κ1) is 11.2. The van der Waals surface area contributed by atoms with E-state index in [1.807, 2.05) is 0 Å². The van der Waals surface area contributed by atoms with E-state index in [-0.39, 0.29) is 11.3 Å². The molecule has 0 aliphatic carbocycles. The molecule has 3 rings (SSSR count). The van der Waals surface area contributed by atoms with Crippen LogP contribution in [0.25, 0.3) is 0 Å². The van der Waals surface area contributed by atoms with Crippen LogP contribution in [0.2, 0.25) is 0 Å². The van der Waals surface area contributed by atoms with Crippen molar-refractivity contribution in [2.24, 2.45) is 5.73 Å². The average molecular weight is 255 g/mol. The van der Waals surface area contributed by atoms with E-state index in [9.17, 15) is 8.42 Å². The first-order valence-electron chi connectivity index (χ1n) is 6.09. The van der Waals surface area contributed by atoms with E-state index in [1.165, 1.54) is 0 Å². The van der Waals surface area contributed by atoms with Crippen LogP contribution in [0.15, 0.2) is 6.20 Å². The van der Waals surface area contributed by atoms with Gasteiger partial charge in [-0.3, -0.25) is 0 Å². The molecule has 17 heavy (non-hydrogen) atoms. The molecule has 1 aromatic heterocycles. The van der Waals surface area contributed by atoms with Crippen LogP contribution in [-0.2, 0) is 22.8 Å². The molecule has 2 aliphatic rings. The second-order valence-corrected chi connectivity index (χ2v) is 7.31. The maximum absolute atomic E-state index is 11.9. The predicted molar refractivity (Wildman–Crippen MR) is 64.3 cm³/mol. The van der Waals surface area contributed by atoms with Crippen LogP contribution in [0.4, 0.5) is 0 Å². The van der Waals surface area contributed by atoms with Crippen LogP contribution in [0, 0.1) is 0 Å². The lowest BCUT2D eigenvalue weighted by molar-refractivity contribution is 0.456. The molecular formula is C11H17N3O2S.